The molecule has 0 radical (unpaired) electrons. The topological polar surface area (TPSA) is 79.0 Å². The number of rotatable bonds is 7. The standard InChI is InChI=1S/C42H33BrClN3O4/c43-30-13-11-26(12-14-30)25-51-38-16-15-31(44)21-29(38)22-37-40(48)45-42(50)47(41(37)49)32-23-35-33(27-7-3-1-4-8-27)17-19-46-20-18-34(36(24-32)39(35)46)28-9-5-2-6-10-28/h1-16,21-24,33-34H,17-20,25H2,(H,45,48,50)/b37-22+/t33-,34-/m0/s1. The first kappa shape index (κ1) is 33.0. The normalized spacial score (nSPS) is 19.2. The smallest absolute Gasteiger partial charge is 0.335 e. The fourth-order valence-corrected chi connectivity index (χ4v) is 7.97. The van der Waals surface area contributed by atoms with E-state index in [4.69, 9.17) is 16.3 Å². The van der Waals surface area contributed by atoms with Crippen LogP contribution in [0.15, 0.2) is 125 Å². The van der Waals surface area contributed by atoms with Crippen LogP contribution in [-0.2, 0) is 16.2 Å². The molecule has 7 nitrogen and oxygen atoms in total. The van der Waals surface area contributed by atoms with E-state index in [1.54, 1.807) is 18.2 Å². The van der Waals surface area contributed by atoms with Gasteiger partial charge in [0, 0.05) is 45.7 Å². The number of halogens is 2. The highest BCUT2D eigenvalue weighted by molar-refractivity contribution is 9.10. The molecule has 5 aromatic carbocycles. The molecule has 2 atom stereocenters. The van der Waals surface area contributed by atoms with Crippen LogP contribution in [0.25, 0.3) is 6.08 Å². The van der Waals surface area contributed by atoms with Gasteiger partial charge in [-0.05, 0) is 89.2 Å². The van der Waals surface area contributed by atoms with Gasteiger partial charge in [-0.2, -0.15) is 0 Å². The molecule has 1 fully saturated rings. The van der Waals surface area contributed by atoms with Crippen molar-refractivity contribution in [2.24, 2.45) is 0 Å². The van der Waals surface area contributed by atoms with Crippen LogP contribution in [0.4, 0.5) is 16.2 Å². The van der Waals surface area contributed by atoms with E-state index < -0.39 is 17.8 Å². The summed E-state index contributed by atoms with van der Waals surface area (Å²) in [7, 11) is 0. The second-order valence-electron chi connectivity index (χ2n) is 13.0. The van der Waals surface area contributed by atoms with Gasteiger partial charge in [-0.25, -0.2) is 9.69 Å². The van der Waals surface area contributed by atoms with Gasteiger partial charge in [0.05, 0.1) is 5.69 Å². The SMILES string of the molecule is O=C1NC(=O)N(c2cc3c4c(c2)[C@H](c2ccccc2)CCN4CC[C@H]3c2ccccc2)C(=O)/C1=C/c1cc(Cl)ccc1OCc1ccc(Br)cc1. The molecule has 3 heterocycles. The maximum Gasteiger partial charge on any atom is 0.335 e. The van der Waals surface area contributed by atoms with Crippen molar-refractivity contribution >= 4 is 62.8 Å². The van der Waals surface area contributed by atoms with Crippen molar-refractivity contribution in [3.8, 4) is 5.75 Å². The van der Waals surface area contributed by atoms with Crippen LogP contribution >= 0.6 is 27.5 Å². The Bertz CT molecular complexity index is 2120. The molecule has 9 heteroatoms. The number of anilines is 2. The van der Waals surface area contributed by atoms with Crippen LogP contribution in [0.5, 0.6) is 5.75 Å². The first-order valence-electron chi connectivity index (χ1n) is 16.9. The minimum Gasteiger partial charge on any atom is -0.488 e. The van der Waals surface area contributed by atoms with Crippen LogP contribution in [-0.4, -0.2) is 30.9 Å². The Hall–Kier alpha value is -5.18. The molecule has 3 aliphatic heterocycles. The summed E-state index contributed by atoms with van der Waals surface area (Å²) < 4.78 is 7.09. The second kappa shape index (κ2) is 13.9. The number of carbonyl (C=O) groups is 3. The monoisotopic (exact) mass is 757 g/mol. The first-order valence-corrected chi connectivity index (χ1v) is 18.1. The summed E-state index contributed by atoms with van der Waals surface area (Å²) in [6.07, 6.45) is 3.25. The van der Waals surface area contributed by atoms with Crippen molar-refractivity contribution in [2.75, 3.05) is 22.9 Å². The predicted molar refractivity (Wildman–Crippen MR) is 203 cm³/mol. The van der Waals surface area contributed by atoms with Gasteiger partial charge in [0.25, 0.3) is 11.8 Å². The Morgan fingerprint density at radius 1 is 0.784 bits per heavy atom. The number of carbonyl (C=O) groups excluding carboxylic acids is 3. The fourth-order valence-electron chi connectivity index (χ4n) is 7.52. The van der Waals surface area contributed by atoms with Gasteiger partial charge in [-0.15, -0.1) is 0 Å². The average molecular weight is 759 g/mol. The number of nitrogens with zero attached hydrogens (tertiary/aromatic N) is 2. The minimum absolute atomic E-state index is 0.0714. The van der Waals surface area contributed by atoms with Crippen LogP contribution in [0.1, 0.15) is 58.1 Å². The highest BCUT2D eigenvalue weighted by Crippen LogP contribution is 2.50. The molecule has 0 aliphatic carbocycles. The summed E-state index contributed by atoms with van der Waals surface area (Å²) in [4.78, 5) is 44.9. The molecular weight excluding hydrogens is 726 g/mol. The minimum atomic E-state index is -0.789. The lowest BCUT2D eigenvalue weighted by Crippen LogP contribution is -2.54. The molecule has 8 rings (SSSR count). The van der Waals surface area contributed by atoms with Crippen LogP contribution in [0.2, 0.25) is 5.02 Å². The molecule has 4 amide bonds. The maximum atomic E-state index is 14.4. The van der Waals surface area contributed by atoms with Gasteiger partial charge in [-0.3, -0.25) is 14.9 Å². The molecule has 51 heavy (non-hydrogen) atoms. The molecule has 5 aromatic rings. The van der Waals surface area contributed by atoms with Crippen molar-refractivity contribution in [2.45, 2.75) is 31.3 Å². The number of nitrogens with one attached hydrogen (secondary N) is 1. The first-order chi connectivity index (χ1) is 24.8. The largest absolute Gasteiger partial charge is 0.488 e. The number of urea groups is 1. The van der Waals surface area contributed by atoms with Crippen molar-refractivity contribution in [3.63, 3.8) is 0 Å². The van der Waals surface area contributed by atoms with Gasteiger partial charge in [0.15, 0.2) is 0 Å². The number of benzene rings is 5. The van der Waals surface area contributed by atoms with Gasteiger partial charge in [-0.1, -0.05) is 100 Å². The van der Waals surface area contributed by atoms with Crippen LogP contribution in [0, 0.1) is 0 Å². The van der Waals surface area contributed by atoms with E-state index in [-0.39, 0.29) is 24.0 Å². The maximum absolute atomic E-state index is 14.4. The number of hydrogen-bond donors (Lipinski definition) is 1. The Morgan fingerprint density at radius 3 is 2.00 bits per heavy atom. The number of barbiturate groups is 1. The third-order valence-corrected chi connectivity index (χ3v) is 10.7. The summed E-state index contributed by atoms with van der Waals surface area (Å²) in [6.45, 7) is 2.09. The van der Waals surface area contributed by atoms with Crippen LogP contribution < -0.4 is 19.9 Å². The second-order valence-corrected chi connectivity index (χ2v) is 14.4. The molecule has 1 saturated heterocycles. The van der Waals surface area contributed by atoms with Gasteiger partial charge < -0.3 is 9.64 Å². The molecule has 254 valence electrons. The van der Waals surface area contributed by atoms with E-state index in [0.717, 1.165) is 52.0 Å². The lowest BCUT2D eigenvalue weighted by molar-refractivity contribution is -0.122. The lowest BCUT2D eigenvalue weighted by atomic mass is 9.76. The fraction of sp³-hybridized carbons (Fsp3) is 0.167. The Morgan fingerprint density at radius 2 is 1.39 bits per heavy atom. The lowest BCUT2D eigenvalue weighted by Gasteiger charge is -2.44. The molecule has 0 bridgehead atoms. The highest BCUT2D eigenvalue weighted by atomic mass is 79.9. The van der Waals surface area contributed by atoms with Gasteiger partial charge >= 0.3 is 6.03 Å². The molecule has 1 N–H and O–H groups in total. The zero-order chi connectivity index (χ0) is 35.1. The predicted octanol–water partition coefficient (Wildman–Crippen LogP) is 9.23. The Kier molecular flexibility index (Phi) is 8.96. The van der Waals surface area contributed by atoms with E-state index in [1.807, 2.05) is 72.8 Å². The molecular formula is C42H33BrClN3O4. The molecule has 0 unspecified atom stereocenters. The molecule has 0 spiro atoms. The average Bonchev–Trinajstić information content (AvgIpc) is 3.14. The molecule has 0 saturated carbocycles. The summed E-state index contributed by atoms with van der Waals surface area (Å²) in [5.74, 6) is -0.918. The highest BCUT2D eigenvalue weighted by Gasteiger charge is 2.40. The van der Waals surface area contributed by atoms with Crippen molar-refractivity contribution in [1.29, 1.82) is 0 Å². The zero-order valence-electron chi connectivity index (χ0n) is 27.5. The quantitative estimate of drug-likeness (QED) is 0.132. The molecule has 3 aliphatic rings. The Balaban J connectivity index is 1.21. The van der Waals surface area contributed by atoms with Crippen molar-refractivity contribution in [1.82, 2.24) is 5.32 Å². The summed E-state index contributed by atoms with van der Waals surface area (Å²) in [5.41, 5.74) is 7.28. The van der Waals surface area contributed by atoms with E-state index in [0.29, 0.717) is 22.0 Å². The van der Waals surface area contributed by atoms with E-state index in [2.05, 4.69) is 50.4 Å². The Labute approximate surface area is 309 Å². The number of ether oxygens (including phenoxy) is 1. The van der Waals surface area contributed by atoms with Crippen LogP contribution in [0.3, 0.4) is 0 Å². The zero-order valence-corrected chi connectivity index (χ0v) is 29.9. The van der Waals surface area contributed by atoms with Gasteiger partial charge in [0.1, 0.15) is 17.9 Å². The number of amides is 4. The summed E-state index contributed by atoms with van der Waals surface area (Å²) in [5, 5.41) is 2.83. The third kappa shape index (κ3) is 6.46. The van der Waals surface area contributed by atoms with Gasteiger partial charge in [0.2, 0.25) is 0 Å². The van der Waals surface area contributed by atoms with E-state index >= 15 is 0 Å². The van der Waals surface area contributed by atoms with E-state index in [1.165, 1.54) is 22.9 Å². The van der Waals surface area contributed by atoms with Crippen molar-refractivity contribution in [3.05, 3.63) is 164 Å². The van der Waals surface area contributed by atoms with E-state index in [9.17, 15) is 14.4 Å². The summed E-state index contributed by atoms with van der Waals surface area (Å²) >= 11 is 9.84. The van der Waals surface area contributed by atoms with Crippen molar-refractivity contribution < 1.29 is 19.1 Å². The third-order valence-electron chi connectivity index (χ3n) is 9.94. The molecule has 0 aromatic heterocycles. The number of hydrogen-bond acceptors (Lipinski definition) is 5. The number of imide groups is 2. The summed E-state index contributed by atoms with van der Waals surface area (Å²) in [6, 6.07) is 36.6.